The van der Waals surface area contributed by atoms with Gasteiger partial charge in [0, 0.05) is 33.0 Å². The van der Waals surface area contributed by atoms with Gasteiger partial charge in [-0.2, -0.15) is 0 Å². The molecule has 2 aliphatic rings. The first-order valence-electron chi connectivity index (χ1n) is 11.8. The van der Waals surface area contributed by atoms with Gasteiger partial charge >= 0.3 is 4.87 Å². The molecule has 12 heteroatoms. The maximum Gasteiger partial charge on any atom is 0.305 e. The van der Waals surface area contributed by atoms with Crippen molar-refractivity contribution in [2.24, 2.45) is 5.92 Å². The Balaban J connectivity index is 1.48. The molecule has 9 nitrogen and oxygen atoms in total. The quantitative estimate of drug-likeness (QED) is 0.171. The number of nitro benzene ring substituents is 1. The van der Waals surface area contributed by atoms with Gasteiger partial charge in [0.25, 0.3) is 5.69 Å². The first-order valence-corrected chi connectivity index (χ1v) is 14.3. The minimum atomic E-state index is -0.897. The summed E-state index contributed by atoms with van der Waals surface area (Å²) >= 11 is 5.45. The molecule has 0 bridgehead atoms. The number of rotatable bonds is 6. The smallest absolute Gasteiger partial charge is 0.305 e. The Kier molecular flexibility index (Phi) is 6.61. The van der Waals surface area contributed by atoms with Crippen LogP contribution in [0.1, 0.15) is 21.9 Å². The number of aromatic nitrogens is 1. The van der Waals surface area contributed by atoms with E-state index >= 15 is 0 Å². The molecule has 1 fully saturated rings. The molecule has 0 spiro atoms. The third kappa shape index (κ3) is 4.58. The lowest BCUT2D eigenvalue weighted by molar-refractivity contribution is -0.385. The second-order valence-electron chi connectivity index (χ2n) is 8.99. The van der Waals surface area contributed by atoms with Gasteiger partial charge in [-0.05, 0) is 35.9 Å². The lowest BCUT2D eigenvalue weighted by Gasteiger charge is -2.30. The van der Waals surface area contributed by atoms with Crippen molar-refractivity contribution in [3.63, 3.8) is 0 Å². The number of H-pyrrole nitrogens is 1. The second kappa shape index (κ2) is 10.1. The van der Waals surface area contributed by atoms with Crippen molar-refractivity contribution in [1.82, 2.24) is 4.98 Å². The van der Waals surface area contributed by atoms with Crippen molar-refractivity contribution in [2.45, 2.75) is 22.8 Å². The topological polar surface area (TPSA) is 123 Å². The molecule has 3 atom stereocenters. The van der Waals surface area contributed by atoms with Crippen LogP contribution < -0.4 is 14.5 Å². The number of fused-ring (bicyclic) bond motifs is 2. The number of thioether (sulfide) groups is 1. The molecule has 0 unspecified atom stereocenters. The Morgan fingerprint density at radius 2 is 1.74 bits per heavy atom. The summed E-state index contributed by atoms with van der Waals surface area (Å²) in [6.45, 7) is 0.190. The largest absolute Gasteiger partial charge is 0.489 e. The number of carbonyl (C=O) groups excluding carboxylic acids is 2. The van der Waals surface area contributed by atoms with Gasteiger partial charge in [-0.1, -0.05) is 69.4 Å². The minimum absolute atomic E-state index is 0.183. The van der Waals surface area contributed by atoms with E-state index in [1.807, 2.05) is 30.3 Å². The summed E-state index contributed by atoms with van der Waals surface area (Å²) in [6.07, 6.45) is 0. The number of non-ortho nitro benzene ring substituents is 1. The van der Waals surface area contributed by atoms with E-state index in [4.69, 9.17) is 4.74 Å². The molecule has 3 heterocycles. The number of hydrogen-bond acceptors (Lipinski definition) is 8. The SMILES string of the molecule is O=C1[C@H]2[C@H](c3cc([N+](=O)[O-])ccc3OCc3ccccc3)c3sc(=O)[nH]c3S[C@H]2C(=O)N1c1ccc(Br)cc1. The summed E-state index contributed by atoms with van der Waals surface area (Å²) in [5.74, 6) is -2.20. The van der Waals surface area contributed by atoms with Crippen molar-refractivity contribution < 1.29 is 19.2 Å². The van der Waals surface area contributed by atoms with Crippen molar-refractivity contribution in [3.05, 3.63) is 113 Å². The van der Waals surface area contributed by atoms with E-state index in [2.05, 4.69) is 20.9 Å². The van der Waals surface area contributed by atoms with Crippen LogP contribution in [-0.2, 0) is 16.2 Å². The zero-order valence-corrected chi connectivity index (χ0v) is 23.1. The molecule has 0 radical (unpaired) electrons. The van der Waals surface area contributed by atoms with E-state index in [9.17, 15) is 24.5 Å². The molecule has 3 aromatic carbocycles. The highest BCUT2D eigenvalue weighted by molar-refractivity contribution is 9.10. The molecule has 0 saturated carbocycles. The average molecular weight is 624 g/mol. The number of amides is 2. The van der Waals surface area contributed by atoms with Crippen molar-refractivity contribution in [3.8, 4) is 5.75 Å². The van der Waals surface area contributed by atoms with Gasteiger partial charge in [0.15, 0.2) is 0 Å². The van der Waals surface area contributed by atoms with Gasteiger partial charge in [0.05, 0.1) is 21.6 Å². The number of benzene rings is 3. The van der Waals surface area contributed by atoms with Gasteiger partial charge in [0.2, 0.25) is 11.8 Å². The van der Waals surface area contributed by atoms with Crippen LogP contribution in [0.25, 0.3) is 0 Å². The first kappa shape index (κ1) is 25.5. The van der Waals surface area contributed by atoms with E-state index in [1.165, 1.54) is 18.2 Å². The standard InChI is InChI=1S/C27H18BrN3O6S2/c28-15-6-8-16(9-7-15)30-25(32)21-20(22-24(29-27(34)39-22)38-23(21)26(30)33)18-12-17(31(35)36)10-11-19(18)37-13-14-4-2-1-3-5-14/h1-12,20-21,23H,13H2,(H,29,34)/t20-,21-,23+/m0/s1. The van der Waals surface area contributed by atoms with Gasteiger partial charge < -0.3 is 9.72 Å². The highest BCUT2D eigenvalue weighted by Gasteiger charge is 2.57. The van der Waals surface area contributed by atoms with E-state index in [1.54, 1.807) is 24.3 Å². The van der Waals surface area contributed by atoms with Gasteiger partial charge in [-0.3, -0.25) is 24.5 Å². The van der Waals surface area contributed by atoms with E-state index in [0.717, 1.165) is 38.0 Å². The van der Waals surface area contributed by atoms with Crippen LogP contribution in [-0.4, -0.2) is 27.0 Å². The van der Waals surface area contributed by atoms with E-state index in [0.29, 0.717) is 26.9 Å². The first-order chi connectivity index (χ1) is 18.8. The van der Waals surface area contributed by atoms with Crippen LogP contribution in [0.2, 0.25) is 0 Å². The number of nitro groups is 1. The molecule has 0 aliphatic carbocycles. The monoisotopic (exact) mass is 623 g/mol. The Labute approximate surface area is 238 Å². The molecule has 2 amide bonds. The molecule has 1 N–H and O–H groups in total. The molecule has 2 aliphatic heterocycles. The molecular formula is C27H18BrN3O6S2. The summed E-state index contributed by atoms with van der Waals surface area (Å²) in [4.78, 5) is 55.4. The third-order valence-electron chi connectivity index (χ3n) is 6.69. The zero-order valence-electron chi connectivity index (χ0n) is 19.9. The fourth-order valence-electron chi connectivity index (χ4n) is 4.96. The number of hydrogen-bond donors (Lipinski definition) is 1. The minimum Gasteiger partial charge on any atom is -0.489 e. The van der Waals surface area contributed by atoms with Crippen LogP contribution in [0, 0.1) is 16.0 Å². The number of nitrogens with one attached hydrogen (secondary N) is 1. The Morgan fingerprint density at radius 1 is 1.00 bits per heavy atom. The second-order valence-corrected chi connectivity index (χ2v) is 12.1. The number of halogens is 1. The number of ether oxygens (including phenoxy) is 1. The maximum atomic E-state index is 14.0. The summed E-state index contributed by atoms with van der Waals surface area (Å²) < 4.78 is 6.94. The Morgan fingerprint density at radius 3 is 2.46 bits per heavy atom. The fourth-order valence-corrected chi connectivity index (χ4v) is 7.73. The fraction of sp³-hybridized carbons (Fsp3) is 0.148. The van der Waals surface area contributed by atoms with Crippen molar-refractivity contribution >= 4 is 62.2 Å². The number of aromatic amines is 1. The van der Waals surface area contributed by atoms with E-state index < -0.39 is 33.8 Å². The van der Waals surface area contributed by atoms with Crippen LogP contribution in [0.15, 0.2) is 87.1 Å². The van der Waals surface area contributed by atoms with Crippen molar-refractivity contribution in [2.75, 3.05) is 4.90 Å². The molecular weight excluding hydrogens is 606 g/mol. The number of anilines is 1. The summed E-state index contributed by atoms with van der Waals surface area (Å²) in [5, 5.41) is 11.4. The molecule has 4 aromatic rings. The van der Waals surface area contributed by atoms with E-state index in [-0.39, 0.29) is 17.2 Å². The normalized spacial score (nSPS) is 20.0. The number of nitrogens with zero attached hydrogens (tertiary/aromatic N) is 2. The zero-order chi connectivity index (χ0) is 27.3. The molecule has 1 aromatic heterocycles. The van der Waals surface area contributed by atoms with Crippen LogP contribution in [0.5, 0.6) is 5.75 Å². The predicted molar refractivity (Wildman–Crippen MR) is 150 cm³/mol. The summed E-state index contributed by atoms with van der Waals surface area (Å²) in [6, 6.07) is 20.5. The lowest BCUT2D eigenvalue weighted by Crippen LogP contribution is -2.32. The highest BCUT2D eigenvalue weighted by Crippen LogP contribution is 2.55. The average Bonchev–Trinajstić information content (AvgIpc) is 3.42. The van der Waals surface area contributed by atoms with Gasteiger partial charge in [-0.25, -0.2) is 4.90 Å². The summed E-state index contributed by atoms with van der Waals surface area (Å²) in [7, 11) is 0. The van der Waals surface area contributed by atoms with Crippen LogP contribution in [0.3, 0.4) is 0 Å². The number of thiazole rings is 1. The van der Waals surface area contributed by atoms with Gasteiger partial charge in [0.1, 0.15) is 17.6 Å². The van der Waals surface area contributed by atoms with Gasteiger partial charge in [-0.15, -0.1) is 0 Å². The molecule has 39 heavy (non-hydrogen) atoms. The van der Waals surface area contributed by atoms with Crippen molar-refractivity contribution in [1.29, 1.82) is 0 Å². The number of imide groups is 1. The Hall–Kier alpha value is -3.74. The Bertz CT molecular complexity index is 1670. The van der Waals surface area contributed by atoms with Crippen LogP contribution in [0.4, 0.5) is 11.4 Å². The highest BCUT2D eigenvalue weighted by atomic mass is 79.9. The molecule has 6 rings (SSSR count). The molecule has 196 valence electrons. The summed E-state index contributed by atoms with van der Waals surface area (Å²) in [5.41, 5.74) is 1.52. The lowest BCUT2D eigenvalue weighted by atomic mass is 9.82. The third-order valence-corrected chi connectivity index (χ3v) is 9.61. The van der Waals surface area contributed by atoms with Crippen LogP contribution >= 0.6 is 39.0 Å². The predicted octanol–water partition coefficient (Wildman–Crippen LogP) is 5.48. The molecule has 1 saturated heterocycles. The maximum absolute atomic E-state index is 14.0. The number of carbonyl (C=O) groups is 2.